The number of hydrogen-bond acceptors (Lipinski definition) is 2. The Balaban J connectivity index is 2.16. The summed E-state index contributed by atoms with van der Waals surface area (Å²) in [5.74, 6) is 0.147. The van der Waals surface area contributed by atoms with Gasteiger partial charge in [-0.1, -0.05) is 55.7 Å². The summed E-state index contributed by atoms with van der Waals surface area (Å²) >= 11 is 0. The van der Waals surface area contributed by atoms with Crippen LogP contribution in [0, 0.1) is 0 Å². The van der Waals surface area contributed by atoms with Crippen LogP contribution >= 0.6 is 0 Å². The predicted molar refractivity (Wildman–Crippen MR) is 90.7 cm³/mol. The van der Waals surface area contributed by atoms with Crippen molar-refractivity contribution in [3.63, 3.8) is 0 Å². The summed E-state index contributed by atoms with van der Waals surface area (Å²) in [5.41, 5.74) is 0.499. The molecule has 0 bridgehead atoms. The lowest BCUT2D eigenvalue weighted by atomic mass is 9.81. The molecule has 1 aliphatic rings. The highest BCUT2D eigenvalue weighted by atomic mass is 28.4. The van der Waals surface area contributed by atoms with Crippen molar-refractivity contribution >= 4 is 20.2 Å². The van der Waals surface area contributed by atoms with Gasteiger partial charge < -0.3 is 4.43 Å². The van der Waals surface area contributed by atoms with Gasteiger partial charge >= 0.3 is 0 Å². The molecule has 0 saturated heterocycles. The van der Waals surface area contributed by atoms with Crippen molar-refractivity contribution in [1.82, 2.24) is 0 Å². The number of carbonyl (C=O) groups excluding carboxylic acids is 1. The minimum Gasteiger partial charge on any atom is -0.405 e. The van der Waals surface area contributed by atoms with Crippen molar-refractivity contribution in [2.75, 3.05) is 0 Å². The number of rotatable bonds is 5. The highest BCUT2D eigenvalue weighted by molar-refractivity contribution is 6.70. The minimum atomic E-state index is -1.74. The van der Waals surface area contributed by atoms with Gasteiger partial charge in [0.25, 0.3) is 0 Å². The Morgan fingerprint density at radius 1 is 1.10 bits per heavy atom. The zero-order valence-electron chi connectivity index (χ0n) is 13.4. The molecule has 0 aromatic heterocycles. The lowest BCUT2D eigenvalue weighted by Crippen LogP contribution is -2.49. The molecule has 0 radical (unpaired) electrons. The Hall–Kier alpha value is -1.19. The van der Waals surface area contributed by atoms with E-state index in [1.165, 1.54) is 6.42 Å². The van der Waals surface area contributed by atoms with Crippen molar-refractivity contribution in [1.29, 1.82) is 0 Å². The van der Waals surface area contributed by atoms with Crippen LogP contribution in [0.25, 0.3) is 6.08 Å². The fraction of sp³-hybridized carbons (Fsp3) is 0.500. The van der Waals surface area contributed by atoms with Gasteiger partial charge in [-0.15, -0.1) is 0 Å². The maximum absolute atomic E-state index is 12.8. The summed E-state index contributed by atoms with van der Waals surface area (Å²) in [5, 5.41) is 0. The summed E-state index contributed by atoms with van der Waals surface area (Å²) in [6.45, 7) is 6.49. The fourth-order valence-corrected chi connectivity index (χ4v) is 4.47. The third-order valence-electron chi connectivity index (χ3n) is 3.84. The normalized spacial score (nSPS) is 18.8. The molecule has 1 fully saturated rings. The molecule has 0 N–H and O–H groups in total. The van der Waals surface area contributed by atoms with Gasteiger partial charge in [0.05, 0.1) is 0 Å². The Kier molecular flexibility index (Phi) is 5.17. The Bertz CT molecular complexity index is 494. The molecular weight excluding hydrogens is 276 g/mol. The molecule has 0 aliphatic heterocycles. The molecule has 2 rings (SSSR count). The van der Waals surface area contributed by atoms with E-state index in [2.05, 4.69) is 19.6 Å². The maximum Gasteiger partial charge on any atom is 0.186 e. The van der Waals surface area contributed by atoms with Crippen LogP contribution in [0.5, 0.6) is 0 Å². The van der Waals surface area contributed by atoms with Gasteiger partial charge in [-0.2, -0.15) is 0 Å². The van der Waals surface area contributed by atoms with Gasteiger partial charge in [0.2, 0.25) is 0 Å². The maximum atomic E-state index is 12.8. The van der Waals surface area contributed by atoms with Crippen LogP contribution in [0.2, 0.25) is 19.6 Å². The summed E-state index contributed by atoms with van der Waals surface area (Å²) in [6, 6.07) is 9.97. The molecule has 0 amide bonds. The molecule has 3 heteroatoms. The largest absolute Gasteiger partial charge is 0.405 e. The highest BCUT2D eigenvalue weighted by Gasteiger charge is 2.42. The molecule has 1 saturated carbocycles. The molecule has 1 aromatic carbocycles. The molecule has 0 unspecified atom stereocenters. The van der Waals surface area contributed by atoms with E-state index in [1.807, 2.05) is 36.4 Å². The van der Waals surface area contributed by atoms with Crippen molar-refractivity contribution in [2.45, 2.75) is 57.3 Å². The smallest absolute Gasteiger partial charge is 0.186 e. The lowest BCUT2D eigenvalue weighted by molar-refractivity contribution is -0.133. The van der Waals surface area contributed by atoms with Crippen molar-refractivity contribution in [2.24, 2.45) is 0 Å². The molecule has 2 nitrogen and oxygen atoms in total. The van der Waals surface area contributed by atoms with E-state index in [1.54, 1.807) is 6.08 Å². The number of carbonyl (C=O) groups is 1. The van der Waals surface area contributed by atoms with Gasteiger partial charge in [-0.05, 0) is 44.1 Å². The number of benzene rings is 1. The van der Waals surface area contributed by atoms with Crippen LogP contribution in [0.4, 0.5) is 0 Å². The SMILES string of the molecule is C[Si](C)(C)OC1(C(=O)/C=C/c2ccccc2)CCCCC1. The molecule has 0 heterocycles. The molecule has 1 aliphatic carbocycles. The molecular formula is C18H26O2Si. The van der Waals surface area contributed by atoms with E-state index in [0.717, 1.165) is 31.2 Å². The first-order chi connectivity index (χ1) is 9.91. The fourth-order valence-electron chi connectivity index (χ4n) is 3.00. The van der Waals surface area contributed by atoms with E-state index in [0.29, 0.717) is 0 Å². The van der Waals surface area contributed by atoms with Crippen LogP contribution < -0.4 is 0 Å². The van der Waals surface area contributed by atoms with Gasteiger partial charge in [0.1, 0.15) is 5.60 Å². The predicted octanol–water partition coefficient (Wildman–Crippen LogP) is 4.82. The Labute approximate surface area is 129 Å². The first-order valence-electron chi connectivity index (χ1n) is 7.89. The molecule has 1 aromatic rings. The van der Waals surface area contributed by atoms with Crippen LogP contribution in [-0.2, 0) is 9.22 Å². The quantitative estimate of drug-likeness (QED) is 0.575. The molecule has 114 valence electrons. The van der Waals surface area contributed by atoms with Crippen LogP contribution in [0.15, 0.2) is 36.4 Å². The van der Waals surface area contributed by atoms with E-state index in [9.17, 15) is 4.79 Å². The first kappa shape index (κ1) is 16.2. The monoisotopic (exact) mass is 302 g/mol. The van der Waals surface area contributed by atoms with Gasteiger partial charge in [-0.25, -0.2) is 0 Å². The second-order valence-electron chi connectivity index (χ2n) is 6.88. The third kappa shape index (κ3) is 4.65. The van der Waals surface area contributed by atoms with Crippen LogP contribution in [0.1, 0.15) is 37.7 Å². The van der Waals surface area contributed by atoms with Gasteiger partial charge in [-0.3, -0.25) is 4.79 Å². The summed E-state index contributed by atoms with van der Waals surface area (Å²) in [6.07, 6.45) is 8.77. The third-order valence-corrected chi connectivity index (χ3v) is 4.84. The van der Waals surface area contributed by atoms with E-state index >= 15 is 0 Å². The van der Waals surface area contributed by atoms with E-state index in [-0.39, 0.29) is 5.78 Å². The van der Waals surface area contributed by atoms with Crippen LogP contribution in [-0.4, -0.2) is 19.7 Å². The van der Waals surface area contributed by atoms with Crippen molar-refractivity contribution < 1.29 is 9.22 Å². The highest BCUT2D eigenvalue weighted by Crippen LogP contribution is 2.35. The molecule has 0 spiro atoms. The second kappa shape index (κ2) is 6.71. The average molecular weight is 302 g/mol. The molecule has 21 heavy (non-hydrogen) atoms. The zero-order valence-corrected chi connectivity index (χ0v) is 14.4. The van der Waals surface area contributed by atoms with Crippen molar-refractivity contribution in [3.05, 3.63) is 42.0 Å². The summed E-state index contributed by atoms with van der Waals surface area (Å²) in [7, 11) is -1.74. The minimum absolute atomic E-state index is 0.147. The van der Waals surface area contributed by atoms with Gasteiger partial charge in [0.15, 0.2) is 14.1 Å². The average Bonchev–Trinajstić information content (AvgIpc) is 2.45. The van der Waals surface area contributed by atoms with E-state index < -0.39 is 13.9 Å². The number of hydrogen-bond donors (Lipinski definition) is 0. The Morgan fingerprint density at radius 3 is 2.29 bits per heavy atom. The Morgan fingerprint density at radius 2 is 1.71 bits per heavy atom. The lowest BCUT2D eigenvalue weighted by Gasteiger charge is -2.40. The summed E-state index contributed by atoms with van der Waals surface area (Å²) < 4.78 is 6.35. The van der Waals surface area contributed by atoms with E-state index in [4.69, 9.17) is 4.43 Å². The zero-order chi connectivity index (χ0) is 15.3. The summed E-state index contributed by atoms with van der Waals surface area (Å²) in [4.78, 5) is 12.8. The van der Waals surface area contributed by atoms with Gasteiger partial charge in [0, 0.05) is 0 Å². The second-order valence-corrected chi connectivity index (χ2v) is 11.3. The van der Waals surface area contributed by atoms with Crippen molar-refractivity contribution in [3.8, 4) is 0 Å². The first-order valence-corrected chi connectivity index (χ1v) is 11.3. The standard InChI is InChI=1S/C18H26O2Si/c1-21(2,3)20-18(14-8-5-9-15-18)17(19)13-12-16-10-6-4-7-11-16/h4,6-7,10-13H,5,8-9,14-15H2,1-3H3/b13-12+. The topological polar surface area (TPSA) is 26.3 Å². The number of ketones is 1. The van der Waals surface area contributed by atoms with Crippen LogP contribution in [0.3, 0.4) is 0 Å². The molecule has 0 atom stereocenters.